The summed E-state index contributed by atoms with van der Waals surface area (Å²) in [5.41, 5.74) is 1.22. The molecule has 0 unspecified atom stereocenters. The number of urea groups is 1. The second-order valence-electron chi connectivity index (χ2n) is 6.19. The highest BCUT2D eigenvalue weighted by Gasteiger charge is 2.32. The first-order valence-electron chi connectivity index (χ1n) is 8.49. The first-order valence-corrected chi connectivity index (χ1v) is 9.31. The van der Waals surface area contributed by atoms with Gasteiger partial charge in [-0.2, -0.15) is 0 Å². The number of thiazole rings is 1. The average Bonchev–Trinajstić information content (AvgIpc) is 3.23. The molecule has 1 aliphatic rings. The fourth-order valence-electron chi connectivity index (χ4n) is 2.87. The lowest BCUT2D eigenvalue weighted by Gasteiger charge is -2.07. The van der Waals surface area contributed by atoms with E-state index in [4.69, 9.17) is 0 Å². The van der Waals surface area contributed by atoms with Crippen molar-refractivity contribution in [2.45, 2.75) is 12.8 Å². The number of benzene rings is 2. The van der Waals surface area contributed by atoms with Gasteiger partial charge in [-0.15, -0.1) is 0 Å². The van der Waals surface area contributed by atoms with E-state index in [1.54, 1.807) is 18.2 Å². The maximum absolute atomic E-state index is 12.2. The van der Waals surface area contributed by atoms with Gasteiger partial charge < -0.3 is 10.6 Å². The lowest BCUT2D eigenvalue weighted by Crippen LogP contribution is -2.28. The Morgan fingerprint density at radius 3 is 2.45 bits per heavy atom. The zero-order valence-electron chi connectivity index (χ0n) is 14.7. The van der Waals surface area contributed by atoms with Crippen molar-refractivity contribution >= 4 is 61.6 Å². The van der Waals surface area contributed by atoms with Crippen molar-refractivity contribution in [2.75, 3.05) is 15.5 Å². The van der Waals surface area contributed by atoms with Gasteiger partial charge in [-0.3, -0.25) is 19.7 Å². The van der Waals surface area contributed by atoms with Gasteiger partial charge in [0.15, 0.2) is 5.13 Å². The number of nitrogens with zero attached hydrogens (tertiary/aromatic N) is 3. The highest BCUT2D eigenvalue weighted by atomic mass is 32.1. The first kappa shape index (κ1) is 18.5. The SMILES string of the molecule is O=C(Nc1cccc([N+](=O)[O-])c1)Nc1ccc2nc(N3C(=O)CCC3=O)sc2c1. The van der Waals surface area contributed by atoms with Crippen molar-refractivity contribution in [3.63, 3.8) is 0 Å². The largest absolute Gasteiger partial charge is 0.323 e. The van der Waals surface area contributed by atoms with E-state index >= 15 is 0 Å². The van der Waals surface area contributed by atoms with Crippen molar-refractivity contribution in [3.05, 3.63) is 52.6 Å². The van der Waals surface area contributed by atoms with Crippen molar-refractivity contribution in [1.82, 2.24) is 4.98 Å². The minimum absolute atomic E-state index is 0.132. The molecule has 11 heteroatoms. The number of non-ortho nitro benzene ring substituents is 1. The van der Waals surface area contributed by atoms with Crippen LogP contribution in [0.3, 0.4) is 0 Å². The number of fused-ring (bicyclic) bond motifs is 1. The highest BCUT2D eigenvalue weighted by molar-refractivity contribution is 7.22. The fraction of sp³-hybridized carbons (Fsp3) is 0.111. The molecule has 2 aromatic carbocycles. The number of rotatable bonds is 4. The number of anilines is 3. The van der Waals surface area contributed by atoms with Crippen LogP contribution in [0.2, 0.25) is 0 Å². The van der Waals surface area contributed by atoms with Crippen LogP contribution in [0.15, 0.2) is 42.5 Å². The van der Waals surface area contributed by atoms with Gasteiger partial charge >= 0.3 is 6.03 Å². The van der Waals surface area contributed by atoms with E-state index in [2.05, 4.69) is 15.6 Å². The van der Waals surface area contributed by atoms with Gasteiger partial charge in [-0.05, 0) is 24.3 Å². The Hall–Kier alpha value is -3.86. The number of hydrogen-bond acceptors (Lipinski definition) is 7. The fourth-order valence-corrected chi connectivity index (χ4v) is 3.91. The monoisotopic (exact) mass is 411 g/mol. The summed E-state index contributed by atoms with van der Waals surface area (Å²) in [6.45, 7) is 0. The maximum Gasteiger partial charge on any atom is 0.323 e. The lowest BCUT2D eigenvalue weighted by atomic mass is 10.3. The van der Waals surface area contributed by atoms with Gasteiger partial charge in [0.25, 0.3) is 5.69 Å². The van der Waals surface area contributed by atoms with Crippen molar-refractivity contribution in [3.8, 4) is 0 Å². The number of nitrogens with one attached hydrogen (secondary N) is 2. The van der Waals surface area contributed by atoms with E-state index in [9.17, 15) is 24.5 Å². The molecule has 0 aliphatic carbocycles. The van der Waals surface area contributed by atoms with Gasteiger partial charge in [0.05, 0.1) is 15.1 Å². The van der Waals surface area contributed by atoms with Crippen LogP contribution in [-0.2, 0) is 9.59 Å². The summed E-state index contributed by atoms with van der Waals surface area (Å²) in [5.74, 6) is -0.549. The average molecular weight is 411 g/mol. The Morgan fingerprint density at radius 1 is 1.07 bits per heavy atom. The van der Waals surface area contributed by atoms with Crippen LogP contribution in [0.1, 0.15) is 12.8 Å². The molecular formula is C18H13N5O5S. The molecule has 10 nitrogen and oxygen atoms in total. The second-order valence-corrected chi connectivity index (χ2v) is 7.20. The Morgan fingerprint density at radius 2 is 1.76 bits per heavy atom. The van der Waals surface area contributed by atoms with Gasteiger partial charge in [0.1, 0.15) is 0 Å². The molecule has 1 aliphatic heterocycles. The standard InChI is InChI=1S/C18H13N5O5S/c24-15-6-7-16(25)22(15)18-21-13-5-4-11(9-14(13)29-18)20-17(26)19-10-2-1-3-12(8-10)23(27)28/h1-5,8-9H,6-7H2,(H2,19,20,26). The summed E-state index contributed by atoms with van der Waals surface area (Å²) < 4.78 is 0.695. The summed E-state index contributed by atoms with van der Waals surface area (Å²) in [6.07, 6.45) is 0.360. The number of carbonyl (C=O) groups excluding carboxylic acids is 3. The number of nitro groups is 1. The third kappa shape index (κ3) is 3.75. The van der Waals surface area contributed by atoms with Crippen LogP contribution in [0.25, 0.3) is 10.2 Å². The number of carbonyl (C=O) groups is 3. The number of hydrogen-bond donors (Lipinski definition) is 2. The van der Waals surface area contributed by atoms with E-state index in [1.807, 2.05) is 0 Å². The predicted molar refractivity (Wildman–Crippen MR) is 107 cm³/mol. The minimum Gasteiger partial charge on any atom is -0.308 e. The van der Waals surface area contributed by atoms with E-state index in [1.165, 1.54) is 35.6 Å². The molecule has 1 saturated heterocycles. The number of imide groups is 1. The predicted octanol–water partition coefficient (Wildman–Crippen LogP) is 3.50. The summed E-state index contributed by atoms with van der Waals surface area (Å²) in [4.78, 5) is 51.6. The molecule has 3 aromatic rings. The zero-order chi connectivity index (χ0) is 20.5. The highest BCUT2D eigenvalue weighted by Crippen LogP contribution is 2.33. The molecule has 0 radical (unpaired) electrons. The maximum atomic E-state index is 12.2. The molecule has 1 fully saturated rings. The summed E-state index contributed by atoms with van der Waals surface area (Å²) in [7, 11) is 0. The molecule has 146 valence electrons. The summed E-state index contributed by atoms with van der Waals surface area (Å²) in [6, 6.07) is 10.00. The lowest BCUT2D eigenvalue weighted by molar-refractivity contribution is -0.384. The molecular weight excluding hydrogens is 398 g/mol. The van der Waals surface area contributed by atoms with E-state index in [0.29, 0.717) is 21.0 Å². The van der Waals surface area contributed by atoms with Crippen LogP contribution in [0.5, 0.6) is 0 Å². The molecule has 0 atom stereocenters. The minimum atomic E-state index is -0.570. The molecule has 2 N–H and O–H groups in total. The van der Waals surface area contributed by atoms with Crippen LogP contribution >= 0.6 is 11.3 Å². The molecule has 2 heterocycles. The number of aromatic nitrogens is 1. The van der Waals surface area contributed by atoms with E-state index in [-0.39, 0.29) is 36.0 Å². The molecule has 0 saturated carbocycles. The van der Waals surface area contributed by atoms with Gasteiger partial charge in [0.2, 0.25) is 11.8 Å². The third-order valence-corrected chi connectivity index (χ3v) is 5.20. The second kappa shape index (κ2) is 7.28. The molecule has 4 rings (SSSR count). The molecule has 1 aromatic heterocycles. The first-order chi connectivity index (χ1) is 13.9. The summed E-state index contributed by atoms with van der Waals surface area (Å²) >= 11 is 1.18. The van der Waals surface area contributed by atoms with Crippen LogP contribution in [-0.4, -0.2) is 27.8 Å². The van der Waals surface area contributed by atoms with Crippen LogP contribution in [0.4, 0.5) is 27.0 Å². The Bertz CT molecular complexity index is 1160. The van der Waals surface area contributed by atoms with Gasteiger partial charge in [-0.1, -0.05) is 17.4 Å². The number of nitro benzene ring substituents is 1. The van der Waals surface area contributed by atoms with Crippen molar-refractivity contribution < 1.29 is 19.3 Å². The van der Waals surface area contributed by atoms with Crippen LogP contribution in [0, 0.1) is 10.1 Å². The normalized spacial score (nSPS) is 13.7. The van der Waals surface area contributed by atoms with Crippen molar-refractivity contribution in [1.29, 1.82) is 0 Å². The Balaban J connectivity index is 1.50. The molecule has 4 amide bonds. The van der Waals surface area contributed by atoms with Gasteiger partial charge in [-0.25, -0.2) is 14.7 Å². The summed E-state index contributed by atoms with van der Waals surface area (Å²) in [5, 5.41) is 16.3. The third-order valence-electron chi connectivity index (χ3n) is 4.19. The van der Waals surface area contributed by atoms with E-state index in [0.717, 1.165) is 4.90 Å². The molecule has 0 spiro atoms. The Labute approximate surface area is 167 Å². The molecule has 0 bridgehead atoms. The van der Waals surface area contributed by atoms with Crippen molar-refractivity contribution in [2.24, 2.45) is 0 Å². The topological polar surface area (TPSA) is 135 Å². The van der Waals surface area contributed by atoms with E-state index < -0.39 is 11.0 Å². The quantitative estimate of drug-likeness (QED) is 0.383. The van der Waals surface area contributed by atoms with Gasteiger partial charge in [0, 0.05) is 36.3 Å². The van der Waals surface area contributed by atoms with Crippen LogP contribution < -0.4 is 15.5 Å². The molecule has 29 heavy (non-hydrogen) atoms. The Kier molecular flexibility index (Phi) is 4.64. The zero-order valence-corrected chi connectivity index (χ0v) is 15.6. The number of amides is 4. The smallest absolute Gasteiger partial charge is 0.308 e.